The molecule has 0 spiro atoms. The fourth-order valence-electron chi connectivity index (χ4n) is 3.81. The lowest BCUT2D eigenvalue weighted by atomic mass is 9.94. The molecule has 154 valence electrons. The van der Waals surface area contributed by atoms with Gasteiger partial charge >= 0.3 is 5.97 Å². The molecule has 0 saturated heterocycles. The first-order valence-electron chi connectivity index (χ1n) is 10.2. The lowest BCUT2D eigenvalue weighted by Gasteiger charge is -2.34. The van der Waals surface area contributed by atoms with Crippen LogP contribution < -0.4 is 5.32 Å². The molecule has 1 unspecified atom stereocenters. The number of hydrogen-bond acceptors (Lipinski definition) is 4. The lowest BCUT2D eigenvalue weighted by molar-refractivity contribution is -0.145. The van der Waals surface area contributed by atoms with Gasteiger partial charge in [0.2, 0.25) is 5.91 Å². The standard InChI is InChI=1S/C22H32N2O4/c1-16(22(27)28-3)15-24(20-12-7-5-4-6-8-13-20)21(26)18-10-9-11-19(14-18)23-17(2)25/h9-11,14,16,20H,4-8,12-13,15H2,1-3H3,(H,23,25). The van der Waals surface area contributed by atoms with Crippen LogP contribution >= 0.6 is 0 Å². The van der Waals surface area contributed by atoms with Crippen LogP contribution in [0.1, 0.15) is 69.2 Å². The Morgan fingerprint density at radius 2 is 1.79 bits per heavy atom. The molecule has 1 saturated carbocycles. The highest BCUT2D eigenvalue weighted by molar-refractivity contribution is 5.97. The van der Waals surface area contributed by atoms with Crippen molar-refractivity contribution in [3.8, 4) is 0 Å². The molecule has 1 aliphatic carbocycles. The summed E-state index contributed by atoms with van der Waals surface area (Å²) in [4.78, 5) is 38.6. The minimum absolute atomic E-state index is 0.103. The number of nitrogens with one attached hydrogen (secondary N) is 1. The fourth-order valence-corrected chi connectivity index (χ4v) is 3.81. The summed E-state index contributed by atoms with van der Waals surface area (Å²) in [6, 6.07) is 7.09. The van der Waals surface area contributed by atoms with Crippen LogP contribution in [-0.4, -0.2) is 42.4 Å². The van der Waals surface area contributed by atoms with E-state index < -0.39 is 5.92 Å². The highest BCUT2D eigenvalue weighted by Gasteiger charge is 2.29. The summed E-state index contributed by atoms with van der Waals surface area (Å²) in [6.07, 6.45) is 7.69. The van der Waals surface area contributed by atoms with Gasteiger partial charge in [0.1, 0.15) is 0 Å². The van der Waals surface area contributed by atoms with E-state index in [4.69, 9.17) is 4.74 Å². The van der Waals surface area contributed by atoms with E-state index in [0.29, 0.717) is 17.8 Å². The summed E-state index contributed by atoms with van der Waals surface area (Å²) in [5.74, 6) is -0.983. The second-order valence-electron chi connectivity index (χ2n) is 7.64. The van der Waals surface area contributed by atoms with Gasteiger partial charge in [-0.05, 0) is 31.0 Å². The quantitative estimate of drug-likeness (QED) is 0.747. The molecule has 0 radical (unpaired) electrons. The maximum atomic E-state index is 13.4. The Balaban J connectivity index is 2.26. The average molecular weight is 389 g/mol. The molecule has 2 amide bonds. The van der Waals surface area contributed by atoms with E-state index in [1.54, 1.807) is 31.2 Å². The highest BCUT2D eigenvalue weighted by Crippen LogP contribution is 2.25. The monoisotopic (exact) mass is 388 g/mol. The first kappa shape index (κ1) is 21.9. The Hall–Kier alpha value is -2.37. The minimum atomic E-state index is -0.391. The molecular weight excluding hydrogens is 356 g/mol. The molecule has 6 heteroatoms. The van der Waals surface area contributed by atoms with E-state index in [9.17, 15) is 14.4 Å². The Morgan fingerprint density at radius 3 is 2.39 bits per heavy atom. The first-order valence-corrected chi connectivity index (χ1v) is 10.2. The maximum absolute atomic E-state index is 13.4. The Kier molecular flexibility index (Phi) is 8.48. The van der Waals surface area contributed by atoms with Gasteiger partial charge in [0.25, 0.3) is 5.91 Å². The van der Waals surface area contributed by atoms with Gasteiger partial charge in [-0.15, -0.1) is 0 Å². The predicted octanol–water partition coefficient (Wildman–Crippen LogP) is 4.01. The Morgan fingerprint density at radius 1 is 1.14 bits per heavy atom. The van der Waals surface area contributed by atoms with Gasteiger partial charge in [-0.3, -0.25) is 14.4 Å². The zero-order chi connectivity index (χ0) is 20.5. The van der Waals surface area contributed by atoms with Crippen molar-refractivity contribution >= 4 is 23.5 Å². The van der Waals surface area contributed by atoms with Gasteiger partial charge in [0.15, 0.2) is 0 Å². The first-order chi connectivity index (χ1) is 13.4. The van der Waals surface area contributed by atoms with Crippen LogP contribution in [0.25, 0.3) is 0 Å². The van der Waals surface area contributed by atoms with Gasteiger partial charge in [-0.2, -0.15) is 0 Å². The SMILES string of the molecule is COC(=O)C(C)CN(C(=O)c1cccc(NC(C)=O)c1)C1CCCCCCC1. The smallest absolute Gasteiger partial charge is 0.310 e. The van der Waals surface area contributed by atoms with Crippen molar-refractivity contribution in [3.05, 3.63) is 29.8 Å². The number of carbonyl (C=O) groups excluding carboxylic acids is 3. The van der Waals surface area contributed by atoms with E-state index in [-0.39, 0.29) is 23.8 Å². The summed E-state index contributed by atoms with van der Waals surface area (Å²) >= 11 is 0. The summed E-state index contributed by atoms with van der Waals surface area (Å²) in [6.45, 7) is 3.57. The number of carbonyl (C=O) groups is 3. The van der Waals surface area contributed by atoms with E-state index in [0.717, 1.165) is 25.7 Å². The van der Waals surface area contributed by atoms with Crippen molar-refractivity contribution in [1.29, 1.82) is 0 Å². The maximum Gasteiger partial charge on any atom is 0.310 e. The van der Waals surface area contributed by atoms with Crippen molar-refractivity contribution in [2.75, 3.05) is 19.0 Å². The molecule has 1 N–H and O–H groups in total. The normalized spacial score (nSPS) is 16.4. The van der Waals surface area contributed by atoms with Crippen LogP contribution in [0.3, 0.4) is 0 Å². The topological polar surface area (TPSA) is 75.7 Å². The van der Waals surface area contributed by atoms with E-state index >= 15 is 0 Å². The molecule has 1 aromatic carbocycles. The zero-order valence-corrected chi connectivity index (χ0v) is 17.2. The molecule has 1 aromatic rings. The molecular formula is C22H32N2O4. The number of anilines is 1. The Labute approximate surface area is 167 Å². The molecule has 1 aliphatic rings. The number of rotatable bonds is 6. The van der Waals surface area contributed by atoms with Gasteiger partial charge < -0.3 is 15.0 Å². The zero-order valence-electron chi connectivity index (χ0n) is 17.2. The van der Waals surface area contributed by atoms with E-state index in [1.165, 1.54) is 33.3 Å². The summed E-state index contributed by atoms with van der Waals surface area (Å²) < 4.78 is 4.87. The highest BCUT2D eigenvalue weighted by atomic mass is 16.5. The van der Waals surface area contributed by atoms with Crippen LogP contribution in [0, 0.1) is 5.92 Å². The largest absolute Gasteiger partial charge is 0.469 e. The van der Waals surface area contributed by atoms with Crippen LogP contribution in [-0.2, 0) is 14.3 Å². The van der Waals surface area contributed by atoms with Crippen LogP contribution in [0.5, 0.6) is 0 Å². The summed E-state index contributed by atoms with van der Waals surface area (Å²) in [7, 11) is 1.37. The third-order valence-electron chi connectivity index (χ3n) is 5.28. The molecule has 6 nitrogen and oxygen atoms in total. The molecule has 2 rings (SSSR count). The molecule has 0 bridgehead atoms. The predicted molar refractivity (Wildman–Crippen MR) is 109 cm³/mol. The fraction of sp³-hybridized carbons (Fsp3) is 0.591. The van der Waals surface area contributed by atoms with Crippen molar-refractivity contribution in [2.45, 2.75) is 64.8 Å². The van der Waals surface area contributed by atoms with Gasteiger partial charge in [-0.25, -0.2) is 0 Å². The molecule has 1 fully saturated rings. The number of esters is 1. The van der Waals surface area contributed by atoms with Crippen molar-refractivity contribution < 1.29 is 19.1 Å². The van der Waals surface area contributed by atoms with Gasteiger partial charge in [-0.1, -0.05) is 45.1 Å². The third-order valence-corrected chi connectivity index (χ3v) is 5.28. The third kappa shape index (κ3) is 6.36. The van der Waals surface area contributed by atoms with E-state index in [1.807, 2.05) is 4.90 Å². The van der Waals surface area contributed by atoms with Crippen LogP contribution in [0.4, 0.5) is 5.69 Å². The number of amides is 2. The summed E-state index contributed by atoms with van der Waals surface area (Å²) in [5, 5.41) is 2.72. The number of ether oxygens (including phenoxy) is 1. The van der Waals surface area contributed by atoms with Crippen LogP contribution in [0.2, 0.25) is 0 Å². The lowest BCUT2D eigenvalue weighted by Crippen LogP contribution is -2.44. The van der Waals surface area contributed by atoms with Crippen molar-refractivity contribution in [2.24, 2.45) is 5.92 Å². The molecule has 1 atom stereocenters. The molecule has 28 heavy (non-hydrogen) atoms. The van der Waals surface area contributed by atoms with Gasteiger partial charge in [0.05, 0.1) is 13.0 Å². The molecule has 0 heterocycles. The van der Waals surface area contributed by atoms with Crippen molar-refractivity contribution in [1.82, 2.24) is 4.90 Å². The minimum Gasteiger partial charge on any atom is -0.469 e. The van der Waals surface area contributed by atoms with E-state index in [2.05, 4.69) is 5.32 Å². The number of methoxy groups -OCH3 is 1. The number of nitrogens with zero attached hydrogens (tertiary/aromatic N) is 1. The second-order valence-corrected chi connectivity index (χ2v) is 7.64. The molecule has 0 aliphatic heterocycles. The van der Waals surface area contributed by atoms with Crippen molar-refractivity contribution in [3.63, 3.8) is 0 Å². The number of hydrogen-bond donors (Lipinski definition) is 1. The van der Waals surface area contributed by atoms with Gasteiger partial charge in [0, 0.05) is 30.8 Å². The Bertz CT molecular complexity index is 681. The molecule has 0 aromatic heterocycles. The number of benzene rings is 1. The summed E-state index contributed by atoms with van der Waals surface area (Å²) in [5.41, 5.74) is 1.11. The average Bonchev–Trinajstić information content (AvgIpc) is 2.64. The van der Waals surface area contributed by atoms with Crippen LogP contribution in [0.15, 0.2) is 24.3 Å². The second kappa shape index (κ2) is 10.8.